The summed E-state index contributed by atoms with van der Waals surface area (Å²) in [5, 5.41) is 19.8. The van der Waals surface area contributed by atoms with E-state index in [-0.39, 0.29) is 12.3 Å². The van der Waals surface area contributed by atoms with Gasteiger partial charge in [0.1, 0.15) is 24.6 Å². The number of halogens is 2. The van der Waals surface area contributed by atoms with Gasteiger partial charge in [-0.15, -0.1) is 0 Å². The summed E-state index contributed by atoms with van der Waals surface area (Å²) in [6, 6.07) is 11.5. The summed E-state index contributed by atoms with van der Waals surface area (Å²) in [7, 11) is 0. The minimum Gasteiger partial charge on any atom is -0.489 e. The fourth-order valence-corrected chi connectivity index (χ4v) is 3.15. The van der Waals surface area contributed by atoms with E-state index in [4.69, 9.17) is 33.0 Å². The number of rotatable bonds is 6. The zero-order valence-corrected chi connectivity index (χ0v) is 14.8. The van der Waals surface area contributed by atoms with E-state index in [0.29, 0.717) is 32.3 Å². The van der Waals surface area contributed by atoms with Crippen molar-refractivity contribution < 1.29 is 24.5 Å². The lowest BCUT2D eigenvalue weighted by Crippen LogP contribution is -2.14. The molecule has 0 unspecified atom stereocenters. The number of carbonyl (C=O) groups is 2. The molecule has 3 rings (SSSR count). The van der Waals surface area contributed by atoms with Crippen LogP contribution < -0.4 is 4.74 Å². The first-order chi connectivity index (χ1) is 12.4. The van der Waals surface area contributed by atoms with E-state index in [0.717, 1.165) is 0 Å². The SMILES string of the molecule is O=C(O)Cn1c(C(=O)O)cc2cc(OCc3c(Cl)cccc3Cl)ccc21. The number of hydrogen-bond donors (Lipinski definition) is 2. The van der Waals surface area contributed by atoms with E-state index in [2.05, 4.69) is 0 Å². The Morgan fingerprint density at radius 2 is 1.73 bits per heavy atom. The second kappa shape index (κ2) is 7.27. The standard InChI is InChI=1S/C18H13Cl2NO5/c19-13-2-1-3-14(20)12(13)9-26-11-4-5-15-10(6-11)7-16(18(24)25)21(15)8-17(22)23/h1-7H,8-9H2,(H,22,23)(H,24,25). The van der Waals surface area contributed by atoms with Gasteiger partial charge >= 0.3 is 11.9 Å². The molecular weight excluding hydrogens is 381 g/mol. The Morgan fingerprint density at radius 1 is 1.04 bits per heavy atom. The number of aliphatic carboxylic acids is 1. The number of aromatic nitrogens is 1. The topological polar surface area (TPSA) is 88.8 Å². The van der Waals surface area contributed by atoms with Gasteiger partial charge in [-0.05, 0) is 36.4 Å². The first-order valence-electron chi connectivity index (χ1n) is 7.51. The smallest absolute Gasteiger partial charge is 0.352 e. The van der Waals surface area contributed by atoms with Gasteiger partial charge in [-0.3, -0.25) is 4.79 Å². The predicted octanol–water partition coefficient (Wildman–Crippen LogP) is 4.31. The molecule has 134 valence electrons. The van der Waals surface area contributed by atoms with Gasteiger partial charge in [0.2, 0.25) is 0 Å². The van der Waals surface area contributed by atoms with E-state index in [1.54, 1.807) is 36.4 Å². The highest BCUT2D eigenvalue weighted by molar-refractivity contribution is 6.35. The van der Waals surface area contributed by atoms with Gasteiger partial charge in [0, 0.05) is 26.5 Å². The first kappa shape index (κ1) is 18.1. The van der Waals surface area contributed by atoms with E-state index >= 15 is 0 Å². The van der Waals surface area contributed by atoms with E-state index in [1.165, 1.54) is 10.6 Å². The summed E-state index contributed by atoms with van der Waals surface area (Å²) in [6.07, 6.45) is 0. The number of nitrogens with zero attached hydrogens (tertiary/aromatic N) is 1. The van der Waals surface area contributed by atoms with Crippen molar-refractivity contribution in [2.45, 2.75) is 13.2 Å². The average molecular weight is 394 g/mol. The summed E-state index contributed by atoms with van der Waals surface area (Å²) in [5.41, 5.74) is 1.03. The Morgan fingerprint density at radius 3 is 2.35 bits per heavy atom. The molecule has 26 heavy (non-hydrogen) atoms. The third kappa shape index (κ3) is 3.61. The van der Waals surface area contributed by atoms with Crippen LogP contribution in [0.4, 0.5) is 0 Å². The van der Waals surface area contributed by atoms with Crippen molar-refractivity contribution in [2.75, 3.05) is 0 Å². The second-order valence-corrected chi connectivity index (χ2v) is 6.34. The minimum atomic E-state index is -1.20. The van der Waals surface area contributed by atoms with Crippen LogP contribution in [-0.4, -0.2) is 26.7 Å². The van der Waals surface area contributed by atoms with Gasteiger partial charge in [-0.1, -0.05) is 29.3 Å². The van der Waals surface area contributed by atoms with Gasteiger partial charge in [-0.25, -0.2) is 4.79 Å². The number of benzene rings is 2. The fraction of sp³-hybridized carbons (Fsp3) is 0.111. The lowest BCUT2D eigenvalue weighted by atomic mass is 10.2. The number of fused-ring (bicyclic) bond motifs is 1. The zero-order chi connectivity index (χ0) is 18.8. The monoisotopic (exact) mass is 393 g/mol. The predicted molar refractivity (Wildman–Crippen MR) is 97.3 cm³/mol. The average Bonchev–Trinajstić information content (AvgIpc) is 2.92. The Kier molecular flexibility index (Phi) is 5.06. The molecule has 0 amide bonds. The number of ether oxygens (including phenoxy) is 1. The van der Waals surface area contributed by atoms with Crippen LogP contribution in [-0.2, 0) is 17.9 Å². The van der Waals surface area contributed by atoms with Crippen molar-refractivity contribution >= 4 is 46.0 Å². The van der Waals surface area contributed by atoms with Crippen LogP contribution in [0.3, 0.4) is 0 Å². The number of aromatic carboxylic acids is 1. The summed E-state index contributed by atoms with van der Waals surface area (Å²) >= 11 is 12.2. The number of carboxylic acid groups (broad SMARTS) is 2. The molecule has 3 aromatic rings. The van der Waals surface area contributed by atoms with Crippen molar-refractivity contribution in [1.82, 2.24) is 4.57 Å². The molecule has 1 aromatic heterocycles. The van der Waals surface area contributed by atoms with E-state index in [1.807, 2.05) is 0 Å². The molecule has 0 saturated carbocycles. The van der Waals surface area contributed by atoms with Gasteiger partial charge in [0.25, 0.3) is 0 Å². The normalized spacial score (nSPS) is 10.8. The molecule has 2 aromatic carbocycles. The number of carboxylic acids is 2. The van der Waals surface area contributed by atoms with Gasteiger partial charge in [0.15, 0.2) is 0 Å². The molecule has 0 fully saturated rings. The van der Waals surface area contributed by atoms with Crippen molar-refractivity contribution in [2.24, 2.45) is 0 Å². The minimum absolute atomic E-state index is 0.103. The van der Waals surface area contributed by atoms with E-state index < -0.39 is 18.5 Å². The fourth-order valence-electron chi connectivity index (χ4n) is 2.65. The third-order valence-electron chi connectivity index (χ3n) is 3.83. The highest BCUT2D eigenvalue weighted by atomic mass is 35.5. The molecular formula is C18H13Cl2NO5. The molecule has 0 aliphatic rings. The van der Waals surface area contributed by atoms with Crippen LogP contribution >= 0.6 is 23.2 Å². The van der Waals surface area contributed by atoms with E-state index in [9.17, 15) is 14.7 Å². The highest BCUT2D eigenvalue weighted by Crippen LogP contribution is 2.28. The molecule has 2 N–H and O–H groups in total. The summed E-state index contributed by atoms with van der Waals surface area (Å²) in [6.45, 7) is -0.299. The van der Waals surface area contributed by atoms with Gasteiger partial charge < -0.3 is 19.5 Å². The zero-order valence-electron chi connectivity index (χ0n) is 13.3. The summed E-state index contributed by atoms with van der Waals surface area (Å²) in [5.74, 6) is -1.84. The van der Waals surface area contributed by atoms with Crippen LogP contribution in [0.15, 0.2) is 42.5 Å². The molecule has 8 heteroatoms. The molecule has 0 bridgehead atoms. The van der Waals surface area contributed by atoms with Crippen molar-refractivity contribution in [3.63, 3.8) is 0 Å². The van der Waals surface area contributed by atoms with Gasteiger partial charge in [-0.2, -0.15) is 0 Å². The molecule has 6 nitrogen and oxygen atoms in total. The van der Waals surface area contributed by atoms with Crippen molar-refractivity contribution in [1.29, 1.82) is 0 Å². The molecule has 0 spiro atoms. The molecule has 0 aliphatic carbocycles. The van der Waals surface area contributed by atoms with Crippen LogP contribution in [0, 0.1) is 0 Å². The lowest BCUT2D eigenvalue weighted by molar-refractivity contribution is -0.137. The maximum atomic E-state index is 11.4. The Labute approximate surface area is 158 Å². The largest absolute Gasteiger partial charge is 0.489 e. The summed E-state index contributed by atoms with van der Waals surface area (Å²) in [4.78, 5) is 22.4. The number of hydrogen-bond acceptors (Lipinski definition) is 3. The third-order valence-corrected chi connectivity index (χ3v) is 4.54. The van der Waals surface area contributed by atoms with Crippen LogP contribution in [0.1, 0.15) is 16.1 Å². The molecule has 0 atom stereocenters. The highest BCUT2D eigenvalue weighted by Gasteiger charge is 2.17. The Bertz CT molecular complexity index is 992. The maximum Gasteiger partial charge on any atom is 0.352 e. The molecule has 0 radical (unpaired) electrons. The summed E-state index contributed by atoms with van der Waals surface area (Å²) < 4.78 is 6.94. The van der Waals surface area contributed by atoms with Crippen molar-refractivity contribution in [3.05, 3.63) is 63.8 Å². The Hall–Kier alpha value is -2.70. The van der Waals surface area contributed by atoms with Crippen LogP contribution in [0.2, 0.25) is 10.0 Å². The van der Waals surface area contributed by atoms with Crippen molar-refractivity contribution in [3.8, 4) is 5.75 Å². The van der Waals surface area contributed by atoms with Crippen LogP contribution in [0.25, 0.3) is 10.9 Å². The Balaban J connectivity index is 1.92. The molecule has 0 aliphatic heterocycles. The molecule has 1 heterocycles. The lowest BCUT2D eigenvalue weighted by Gasteiger charge is -2.10. The second-order valence-electron chi connectivity index (χ2n) is 5.52. The van der Waals surface area contributed by atoms with Crippen LogP contribution in [0.5, 0.6) is 5.75 Å². The molecule has 0 saturated heterocycles. The van der Waals surface area contributed by atoms with Gasteiger partial charge in [0.05, 0.1) is 0 Å². The maximum absolute atomic E-state index is 11.4. The quantitative estimate of drug-likeness (QED) is 0.651. The first-order valence-corrected chi connectivity index (χ1v) is 8.26.